The number of benzene rings is 1. The summed E-state index contributed by atoms with van der Waals surface area (Å²) in [7, 11) is 1.57. The smallest absolute Gasteiger partial charge is 0.261 e. The second-order valence-corrected chi connectivity index (χ2v) is 5.76. The highest BCUT2D eigenvalue weighted by molar-refractivity contribution is 6.28. The Hall–Kier alpha value is -2.34. The molecular weight excluding hydrogens is 316 g/mol. The van der Waals surface area contributed by atoms with Crippen molar-refractivity contribution in [1.29, 1.82) is 0 Å². The van der Waals surface area contributed by atoms with E-state index in [0.29, 0.717) is 28.9 Å². The van der Waals surface area contributed by atoms with Crippen LogP contribution >= 0.6 is 11.6 Å². The quantitative estimate of drug-likeness (QED) is 0.822. The molecule has 0 atom stereocenters. The van der Waals surface area contributed by atoms with E-state index in [4.69, 9.17) is 16.3 Å². The molecule has 23 heavy (non-hydrogen) atoms. The zero-order valence-corrected chi connectivity index (χ0v) is 13.6. The maximum Gasteiger partial charge on any atom is 0.261 e. The Kier molecular flexibility index (Phi) is 4.34. The molecule has 0 spiro atoms. The molecular formula is C16H17ClN4O2. The average molecular weight is 333 g/mol. The molecule has 1 fully saturated rings. The summed E-state index contributed by atoms with van der Waals surface area (Å²) < 4.78 is 5.30. The molecule has 1 aliphatic carbocycles. The number of para-hydroxylation sites is 1. The van der Waals surface area contributed by atoms with Crippen LogP contribution in [0.3, 0.4) is 0 Å². The number of amides is 1. The Morgan fingerprint density at radius 3 is 2.87 bits per heavy atom. The number of aryl methyl sites for hydroxylation is 1. The van der Waals surface area contributed by atoms with Crippen molar-refractivity contribution in [1.82, 2.24) is 9.97 Å². The van der Waals surface area contributed by atoms with Gasteiger partial charge in [-0.25, -0.2) is 4.98 Å². The van der Waals surface area contributed by atoms with Crippen LogP contribution in [-0.4, -0.2) is 29.0 Å². The predicted octanol–water partition coefficient (Wildman–Crippen LogP) is 3.27. The summed E-state index contributed by atoms with van der Waals surface area (Å²) >= 11 is 5.84. The number of ether oxygens (including phenoxy) is 1. The fourth-order valence-corrected chi connectivity index (χ4v) is 2.34. The van der Waals surface area contributed by atoms with Crippen molar-refractivity contribution in [2.75, 3.05) is 17.7 Å². The third kappa shape index (κ3) is 3.53. The van der Waals surface area contributed by atoms with Gasteiger partial charge in [0.05, 0.1) is 12.8 Å². The van der Waals surface area contributed by atoms with Crippen molar-refractivity contribution < 1.29 is 9.53 Å². The fraction of sp³-hybridized carbons (Fsp3) is 0.312. The van der Waals surface area contributed by atoms with Gasteiger partial charge in [0.2, 0.25) is 5.28 Å². The summed E-state index contributed by atoms with van der Waals surface area (Å²) in [5.41, 5.74) is 1.89. The lowest BCUT2D eigenvalue weighted by Crippen LogP contribution is -2.18. The molecule has 7 heteroatoms. The molecule has 1 heterocycles. The number of hydrogen-bond donors (Lipinski definition) is 2. The Bertz CT molecular complexity index is 747. The monoisotopic (exact) mass is 332 g/mol. The molecule has 0 radical (unpaired) electrons. The largest absolute Gasteiger partial charge is 0.495 e. The van der Waals surface area contributed by atoms with E-state index >= 15 is 0 Å². The lowest BCUT2D eigenvalue weighted by Gasteiger charge is -2.14. The molecule has 1 aromatic heterocycles. The van der Waals surface area contributed by atoms with Gasteiger partial charge in [-0.3, -0.25) is 4.79 Å². The molecule has 1 saturated carbocycles. The summed E-state index contributed by atoms with van der Waals surface area (Å²) in [6.07, 6.45) is 3.56. The first-order chi connectivity index (χ1) is 11.1. The lowest BCUT2D eigenvalue weighted by molar-refractivity contribution is 0.102. The SMILES string of the molecule is COc1cccc(C)c1NC(=O)c1cnc(Cl)nc1NC1CC1. The van der Waals surface area contributed by atoms with Crippen molar-refractivity contribution in [3.63, 3.8) is 0 Å². The zero-order chi connectivity index (χ0) is 16.4. The summed E-state index contributed by atoms with van der Waals surface area (Å²) in [5.74, 6) is 0.750. The topological polar surface area (TPSA) is 76.1 Å². The van der Waals surface area contributed by atoms with Crippen LogP contribution in [0.4, 0.5) is 11.5 Å². The number of carbonyl (C=O) groups excluding carboxylic acids is 1. The van der Waals surface area contributed by atoms with E-state index < -0.39 is 0 Å². The van der Waals surface area contributed by atoms with E-state index in [1.165, 1.54) is 6.20 Å². The highest BCUT2D eigenvalue weighted by atomic mass is 35.5. The van der Waals surface area contributed by atoms with Crippen molar-refractivity contribution in [2.24, 2.45) is 0 Å². The molecule has 1 aliphatic rings. The van der Waals surface area contributed by atoms with Gasteiger partial charge in [-0.2, -0.15) is 4.98 Å². The standard InChI is InChI=1S/C16H17ClN4O2/c1-9-4-3-5-12(23-2)13(9)20-15(22)11-8-18-16(17)21-14(11)19-10-6-7-10/h3-5,8,10H,6-7H2,1-2H3,(H,20,22)(H,18,19,21). The van der Waals surface area contributed by atoms with Crippen molar-refractivity contribution in [3.05, 3.63) is 40.8 Å². The second-order valence-electron chi connectivity index (χ2n) is 5.43. The number of methoxy groups -OCH3 is 1. The minimum Gasteiger partial charge on any atom is -0.495 e. The van der Waals surface area contributed by atoms with Gasteiger partial charge < -0.3 is 15.4 Å². The van der Waals surface area contributed by atoms with Crippen LogP contribution in [0.2, 0.25) is 5.28 Å². The number of hydrogen-bond acceptors (Lipinski definition) is 5. The molecule has 1 aromatic carbocycles. The number of aromatic nitrogens is 2. The van der Waals surface area contributed by atoms with E-state index in [1.807, 2.05) is 19.1 Å². The molecule has 6 nitrogen and oxygen atoms in total. The van der Waals surface area contributed by atoms with E-state index in [-0.39, 0.29) is 11.2 Å². The van der Waals surface area contributed by atoms with Gasteiger partial charge in [0.25, 0.3) is 5.91 Å². The molecule has 0 bridgehead atoms. The molecule has 0 aliphatic heterocycles. The van der Waals surface area contributed by atoms with Gasteiger partial charge >= 0.3 is 0 Å². The minimum absolute atomic E-state index is 0.109. The number of nitrogens with one attached hydrogen (secondary N) is 2. The fourth-order valence-electron chi connectivity index (χ4n) is 2.21. The molecule has 120 valence electrons. The van der Waals surface area contributed by atoms with Crippen molar-refractivity contribution >= 4 is 29.0 Å². The maximum atomic E-state index is 12.6. The highest BCUT2D eigenvalue weighted by Crippen LogP contribution is 2.30. The zero-order valence-electron chi connectivity index (χ0n) is 12.9. The highest BCUT2D eigenvalue weighted by Gasteiger charge is 2.25. The Balaban J connectivity index is 1.89. The average Bonchev–Trinajstić information content (AvgIpc) is 3.33. The van der Waals surface area contributed by atoms with Crippen LogP contribution in [0.1, 0.15) is 28.8 Å². The van der Waals surface area contributed by atoms with E-state index in [2.05, 4.69) is 20.6 Å². The number of carbonyl (C=O) groups is 1. The van der Waals surface area contributed by atoms with E-state index in [9.17, 15) is 4.79 Å². The first-order valence-electron chi connectivity index (χ1n) is 7.32. The third-order valence-corrected chi connectivity index (χ3v) is 3.80. The Morgan fingerprint density at radius 2 is 2.17 bits per heavy atom. The van der Waals surface area contributed by atoms with Crippen molar-refractivity contribution in [2.45, 2.75) is 25.8 Å². The van der Waals surface area contributed by atoms with Gasteiger partial charge in [0.1, 0.15) is 17.1 Å². The summed E-state index contributed by atoms with van der Waals surface area (Å²) in [6.45, 7) is 1.90. The van der Waals surface area contributed by atoms with Crippen LogP contribution in [0.25, 0.3) is 0 Å². The number of rotatable bonds is 5. The van der Waals surface area contributed by atoms with Crippen LogP contribution in [0.5, 0.6) is 5.75 Å². The molecule has 1 amide bonds. The number of nitrogens with zero attached hydrogens (tertiary/aromatic N) is 2. The third-order valence-electron chi connectivity index (χ3n) is 3.62. The van der Waals surface area contributed by atoms with Crippen LogP contribution in [0.15, 0.2) is 24.4 Å². The predicted molar refractivity (Wildman–Crippen MR) is 89.4 cm³/mol. The van der Waals surface area contributed by atoms with Gasteiger partial charge in [-0.1, -0.05) is 12.1 Å². The van der Waals surface area contributed by atoms with Gasteiger partial charge in [-0.15, -0.1) is 0 Å². The Morgan fingerprint density at radius 1 is 1.39 bits per heavy atom. The minimum atomic E-state index is -0.308. The molecule has 2 N–H and O–H groups in total. The number of anilines is 2. The summed E-state index contributed by atoms with van der Waals surface area (Å²) in [6, 6.07) is 5.92. The van der Waals surface area contributed by atoms with E-state index in [1.54, 1.807) is 13.2 Å². The van der Waals surface area contributed by atoms with Crippen molar-refractivity contribution in [3.8, 4) is 5.75 Å². The van der Waals surface area contributed by atoms with Gasteiger partial charge in [-0.05, 0) is 43.0 Å². The summed E-state index contributed by atoms with van der Waals surface area (Å²) in [5, 5.41) is 6.19. The van der Waals surface area contributed by atoms with Gasteiger partial charge in [0.15, 0.2) is 0 Å². The van der Waals surface area contributed by atoms with Crippen LogP contribution < -0.4 is 15.4 Å². The van der Waals surface area contributed by atoms with Gasteiger partial charge in [0, 0.05) is 12.2 Å². The molecule has 2 aromatic rings. The second kappa shape index (κ2) is 6.42. The normalized spacial score (nSPS) is 13.5. The molecule has 0 unspecified atom stereocenters. The first-order valence-corrected chi connectivity index (χ1v) is 7.70. The summed E-state index contributed by atoms with van der Waals surface area (Å²) in [4.78, 5) is 20.7. The lowest BCUT2D eigenvalue weighted by atomic mass is 10.1. The van der Waals surface area contributed by atoms with E-state index in [0.717, 1.165) is 18.4 Å². The molecule has 3 rings (SSSR count). The van der Waals surface area contributed by atoms with Crippen LogP contribution in [0, 0.1) is 6.92 Å². The van der Waals surface area contributed by atoms with Crippen LogP contribution in [-0.2, 0) is 0 Å². The Labute approximate surface area is 139 Å². The molecule has 0 saturated heterocycles. The first kappa shape index (κ1) is 15.6. The maximum absolute atomic E-state index is 12.6. The number of halogens is 1.